The zero-order valence-corrected chi connectivity index (χ0v) is 30.2. The molecular weight excluding hydrogens is 675 g/mol. The molecule has 7 nitrogen and oxygen atoms in total. The van der Waals surface area contributed by atoms with Crippen LogP contribution in [0.4, 0.5) is 22.0 Å². The van der Waals surface area contributed by atoms with E-state index < -0.39 is 41.2 Å². The zero-order chi connectivity index (χ0) is 37.5. The van der Waals surface area contributed by atoms with E-state index in [4.69, 9.17) is 23.7 Å². The lowest BCUT2D eigenvalue weighted by molar-refractivity contribution is -0.284. The van der Waals surface area contributed by atoms with Gasteiger partial charge in [-0.2, -0.15) is 22.0 Å². The molecule has 0 aromatic heterocycles. The molecule has 1 aliphatic rings. The van der Waals surface area contributed by atoms with Crippen LogP contribution in [-0.2, 0) is 19.7 Å². The molecule has 0 amide bonds. The van der Waals surface area contributed by atoms with Gasteiger partial charge in [0.2, 0.25) is 0 Å². The molecule has 0 saturated heterocycles. The summed E-state index contributed by atoms with van der Waals surface area (Å²) in [5.74, 6) is -4.77. The van der Waals surface area contributed by atoms with E-state index >= 15 is 0 Å². The molecule has 0 fully saturated rings. The molecule has 3 unspecified atom stereocenters. The number of fused-ring (bicyclic) bond motifs is 1. The van der Waals surface area contributed by atoms with Gasteiger partial charge in [0.1, 0.15) is 17.2 Å². The van der Waals surface area contributed by atoms with Gasteiger partial charge < -0.3 is 28.8 Å². The molecule has 0 bridgehead atoms. The topological polar surface area (TPSA) is 83.5 Å². The summed E-state index contributed by atoms with van der Waals surface area (Å²) in [5.41, 5.74) is -0.629. The van der Waals surface area contributed by atoms with E-state index in [2.05, 4.69) is 6.08 Å². The molecule has 3 atom stereocenters. The molecule has 3 rings (SSSR count). The number of hydrogen-bond donors (Lipinski definition) is 1. The van der Waals surface area contributed by atoms with Crippen LogP contribution in [0.1, 0.15) is 108 Å². The molecule has 2 aromatic carbocycles. The van der Waals surface area contributed by atoms with Gasteiger partial charge in [-0.05, 0) is 68.4 Å². The monoisotopic (exact) mass is 728 g/mol. The van der Waals surface area contributed by atoms with Crippen molar-refractivity contribution in [3.63, 3.8) is 0 Å². The highest BCUT2D eigenvalue weighted by Crippen LogP contribution is 2.59. The van der Waals surface area contributed by atoms with E-state index in [-0.39, 0.29) is 39.5 Å². The molecule has 0 aliphatic carbocycles. The SMILES string of the molecule is C/C=C/CCCCCCC(CCCCCCC(F)(F)C(F)(F)F)(C(=O)O)C1c2ccc(OCOC)cc2OCC1(C)c1ccc(OCOC)cc1. The maximum absolute atomic E-state index is 13.8. The van der Waals surface area contributed by atoms with Crippen molar-refractivity contribution in [1.82, 2.24) is 0 Å². The van der Waals surface area contributed by atoms with Gasteiger partial charge in [0.05, 0.1) is 12.0 Å². The van der Waals surface area contributed by atoms with Crippen LogP contribution in [0.15, 0.2) is 54.6 Å². The normalized spacial score (nSPS) is 19.0. The van der Waals surface area contributed by atoms with E-state index in [9.17, 15) is 31.9 Å². The third-order valence-electron chi connectivity index (χ3n) is 9.90. The second-order valence-corrected chi connectivity index (χ2v) is 13.6. The van der Waals surface area contributed by atoms with E-state index in [1.54, 1.807) is 24.3 Å². The van der Waals surface area contributed by atoms with Gasteiger partial charge in [0.15, 0.2) is 13.6 Å². The number of halogens is 5. The molecular formula is C39H53F5O7. The molecule has 0 radical (unpaired) electrons. The average molecular weight is 729 g/mol. The highest BCUT2D eigenvalue weighted by Gasteiger charge is 2.58. The minimum absolute atomic E-state index is 0.0133. The van der Waals surface area contributed by atoms with E-state index in [0.717, 1.165) is 31.2 Å². The number of carbonyl (C=O) groups is 1. The Hall–Kier alpha value is -3.38. The van der Waals surface area contributed by atoms with Crippen molar-refractivity contribution in [3.05, 3.63) is 65.7 Å². The fourth-order valence-corrected chi connectivity index (χ4v) is 7.22. The summed E-state index contributed by atoms with van der Waals surface area (Å²) in [4.78, 5) is 13.8. The van der Waals surface area contributed by atoms with Crippen LogP contribution in [0.25, 0.3) is 0 Å². The first-order chi connectivity index (χ1) is 24.3. The quantitative estimate of drug-likeness (QED) is 0.0528. The third-order valence-corrected chi connectivity index (χ3v) is 9.90. The Kier molecular flexibility index (Phi) is 16.0. The molecule has 1 aliphatic heterocycles. The fraction of sp³-hybridized carbons (Fsp3) is 0.615. The van der Waals surface area contributed by atoms with Crippen LogP contribution in [0.2, 0.25) is 0 Å². The molecule has 286 valence electrons. The number of carboxylic acids is 1. The number of allylic oxidation sites excluding steroid dienone is 2. The molecule has 1 N–H and O–H groups in total. The number of hydrogen-bond acceptors (Lipinski definition) is 6. The Morgan fingerprint density at radius 1 is 0.843 bits per heavy atom. The van der Waals surface area contributed by atoms with Crippen LogP contribution >= 0.6 is 0 Å². The van der Waals surface area contributed by atoms with Gasteiger partial charge in [0, 0.05) is 38.0 Å². The Morgan fingerprint density at radius 3 is 1.94 bits per heavy atom. The van der Waals surface area contributed by atoms with Crippen LogP contribution in [0.5, 0.6) is 17.2 Å². The number of benzene rings is 2. The summed E-state index contributed by atoms with van der Waals surface area (Å²) in [6.45, 7) is 4.20. The zero-order valence-electron chi connectivity index (χ0n) is 30.2. The highest BCUT2D eigenvalue weighted by molar-refractivity contribution is 5.77. The lowest BCUT2D eigenvalue weighted by Gasteiger charge is -2.51. The van der Waals surface area contributed by atoms with Crippen LogP contribution in [0.3, 0.4) is 0 Å². The predicted molar refractivity (Wildman–Crippen MR) is 185 cm³/mol. The van der Waals surface area contributed by atoms with Crippen molar-refractivity contribution in [2.24, 2.45) is 5.41 Å². The minimum Gasteiger partial charge on any atom is -0.492 e. The molecule has 0 spiro atoms. The van der Waals surface area contributed by atoms with Gasteiger partial charge in [-0.15, -0.1) is 0 Å². The maximum atomic E-state index is 13.8. The van der Waals surface area contributed by atoms with Crippen molar-refractivity contribution in [3.8, 4) is 17.2 Å². The first kappa shape index (κ1) is 42.0. The standard InChI is InChI=1S/C39H53F5O7/c1-5-6-7-8-9-10-13-22-37(35(45)46,23-14-11-12-15-24-38(40,41)39(42,43)44)34-32-21-20-31(51-28-48-4)25-33(32)49-26-36(34,2)29-16-18-30(19-17-29)50-27-47-3/h5-6,16-21,25,34H,7-15,22-24,26-28H2,1-4H3,(H,45,46)/b6-5+. The predicted octanol–water partition coefficient (Wildman–Crippen LogP) is 10.6. The second kappa shape index (κ2) is 19.5. The lowest BCUT2D eigenvalue weighted by atomic mass is 9.54. The molecule has 0 saturated carbocycles. The Morgan fingerprint density at radius 2 is 1.39 bits per heavy atom. The first-order valence-electron chi connectivity index (χ1n) is 17.7. The van der Waals surface area contributed by atoms with Gasteiger partial charge in [0.25, 0.3) is 0 Å². The van der Waals surface area contributed by atoms with Crippen LogP contribution < -0.4 is 14.2 Å². The largest absolute Gasteiger partial charge is 0.492 e. The van der Waals surface area contributed by atoms with Crippen molar-refractivity contribution < 1.29 is 55.5 Å². The van der Waals surface area contributed by atoms with Crippen molar-refractivity contribution in [2.45, 2.75) is 114 Å². The van der Waals surface area contributed by atoms with E-state index in [1.165, 1.54) is 14.2 Å². The van der Waals surface area contributed by atoms with Gasteiger partial charge >= 0.3 is 18.1 Å². The Labute approximate surface area is 298 Å². The van der Waals surface area contributed by atoms with E-state index in [0.29, 0.717) is 48.5 Å². The number of aliphatic carboxylic acids is 1. The summed E-state index contributed by atoms with van der Waals surface area (Å²) in [6, 6.07) is 12.7. The van der Waals surface area contributed by atoms with Crippen LogP contribution in [0, 0.1) is 5.41 Å². The van der Waals surface area contributed by atoms with E-state index in [1.807, 2.05) is 38.1 Å². The smallest absolute Gasteiger partial charge is 0.453 e. The minimum atomic E-state index is -5.60. The van der Waals surface area contributed by atoms with Crippen molar-refractivity contribution in [1.29, 1.82) is 0 Å². The number of rotatable bonds is 23. The number of unbranched alkanes of at least 4 members (excludes halogenated alkanes) is 7. The van der Waals surface area contributed by atoms with Gasteiger partial charge in [-0.3, -0.25) is 4.79 Å². The number of ether oxygens (including phenoxy) is 5. The fourth-order valence-electron chi connectivity index (χ4n) is 7.22. The summed E-state index contributed by atoms with van der Waals surface area (Å²) in [7, 11) is 3.03. The second-order valence-electron chi connectivity index (χ2n) is 13.6. The van der Waals surface area contributed by atoms with Crippen molar-refractivity contribution >= 4 is 5.97 Å². The summed E-state index contributed by atoms with van der Waals surface area (Å²) >= 11 is 0. The van der Waals surface area contributed by atoms with Gasteiger partial charge in [-0.25, -0.2) is 0 Å². The maximum Gasteiger partial charge on any atom is 0.453 e. The molecule has 12 heteroatoms. The number of carboxylic acid groups (broad SMARTS) is 1. The lowest BCUT2D eigenvalue weighted by Crippen LogP contribution is -2.51. The Bertz CT molecular complexity index is 1380. The number of alkyl halides is 5. The first-order valence-corrected chi connectivity index (χ1v) is 17.7. The molecule has 1 heterocycles. The summed E-state index contributed by atoms with van der Waals surface area (Å²) in [5, 5.41) is 11.3. The molecule has 2 aromatic rings. The van der Waals surface area contributed by atoms with Crippen LogP contribution in [-0.4, -0.2) is 57.6 Å². The third kappa shape index (κ3) is 11.1. The average Bonchev–Trinajstić information content (AvgIpc) is 3.09. The summed E-state index contributed by atoms with van der Waals surface area (Å²) < 4.78 is 93.1. The Balaban J connectivity index is 2.03. The summed E-state index contributed by atoms with van der Waals surface area (Å²) in [6.07, 6.45) is 2.53. The number of methoxy groups -OCH3 is 2. The molecule has 51 heavy (non-hydrogen) atoms. The van der Waals surface area contributed by atoms with Crippen molar-refractivity contribution in [2.75, 3.05) is 34.4 Å². The highest BCUT2D eigenvalue weighted by atomic mass is 19.4. The van der Waals surface area contributed by atoms with Gasteiger partial charge in [-0.1, -0.05) is 75.8 Å².